The van der Waals surface area contributed by atoms with E-state index in [-0.39, 0.29) is 12.0 Å². The molecule has 0 radical (unpaired) electrons. The topological polar surface area (TPSA) is 47.6 Å². The Morgan fingerprint density at radius 1 is 1.36 bits per heavy atom. The normalized spacial score (nSPS) is 12.5. The molecule has 4 nitrogen and oxygen atoms in total. The Kier molecular flexibility index (Phi) is 8.57. The summed E-state index contributed by atoms with van der Waals surface area (Å²) in [5.74, 6) is -0.191. The number of ether oxygens (including phenoxy) is 2. The third-order valence-electron chi connectivity index (χ3n) is 1.76. The Hall–Kier alpha value is -0.610. The summed E-state index contributed by atoms with van der Waals surface area (Å²) < 4.78 is 10.0. The maximum Gasteiger partial charge on any atom is 0.322 e. The number of hydrogen-bond acceptors (Lipinski definition) is 4. The summed E-state index contributed by atoms with van der Waals surface area (Å²) in [6, 6.07) is -0.225. The lowest BCUT2D eigenvalue weighted by molar-refractivity contribution is -0.145. The molecule has 1 unspecified atom stereocenters. The van der Waals surface area contributed by atoms with E-state index in [9.17, 15) is 4.79 Å². The van der Waals surface area contributed by atoms with Crippen molar-refractivity contribution in [3.05, 3.63) is 0 Å². The van der Waals surface area contributed by atoms with Crippen LogP contribution in [0.4, 0.5) is 0 Å². The molecule has 0 aliphatic rings. The van der Waals surface area contributed by atoms with Crippen molar-refractivity contribution in [2.45, 2.75) is 33.2 Å². The van der Waals surface area contributed by atoms with Crippen LogP contribution in [0, 0.1) is 0 Å². The van der Waals surface area contributed by atoms with Crippen LogP contribution in [0.5, 0.6) is 0 Å². The Morgan fingerprint density at radius 2 is 2.07 bits per heavy atom. The molecule has 0 amide bonds. The fraction of sp³-hybridized carbons (Fsp3) is 0.900. The summed E-state index contributed by atoms with van der Waals surface area (Å²) in [4.78, 5) is 11.1. The summed E-state index contributed by atoms with van der Waals surface area (Å²) in [7, 11) is 0. The second-order valence-corrected chi connectivity index (χ2v) is 2.98. The van der Waals surface area contributed by atoms with E-state index in [1.54, 1.807) is 13.8 Å². The molecule has 1 atom stereocenters. The first-order chi connectivity index (χ1) is 6.72. The molecule has 0 aromatic carbocycles. The second kappa shape index (κ2) is 8.97. The van der Waals surface area contributed by atoms with Gasteiger partial charge in [0.05, 0.1) is 6.61 Å². The SMILES string of the molecule is CCOCCCNC(C)C(=O)OCC. The van der Waals surface area contributed by atoms with Crippen LogP contribution in [0.15, 0.2) is 0 Å². The van der Waals surface area contributed by atoms with Gasteiger partial charge in [0.15, 0.2) is 0 Å². The van der Waals surface area contributed by atoms with Crippen LogP contribution >= 0.6 is 0 Å². The van der Waals surface area contributed by atoms with Gasteiger partial charge in [-0.25, -0.2) is 0 Å². The van der Waals surface area contributed by atoms with Crippen molar-refractivity contribution in [3.8, 4) is 0 Å². The van der Waals surface area contributed by atoms with Gasteiger partial charge in [-0.1, -0.05) is 0 Å². The first-order valence-electron chi connectivity index (χ1n) is 5.20. The Balaban J connectivity index is 3.34. The molecule has 0 rings (SSSR count). The van der Waals surface area contributed by atoms with Crippen molar-refractivity contribution < 1.29 is 14.3 Å². The van der Waals surface area contributed by atoms with E-state index in [1.807, 2.05) is 6.92 Å². The molecule has 0 aliphatic carbocycles. The Morgan fingerprint density at radius 3 is 2.64 bits per heavy atom. The van der Waals surface area contributed by atoms with Gasteiger partial charge in [0, 0.05) is 13.2 Å². The van der Waals surface area contributed by atoms with E-state index in [1.165, 1.54) is 0 Å². The summed E-state index contributed by atoms with van der Waals surface area (Å²) >= 11 is 0. The molecule has 1 N–H and O–H groups in total. The maximum absolute atomic E-state index is 11.1. The van der Waals surface area contributed by atoms with Crippen LogP contribution in [-0.4, -0.2) is 38.4 Å². The molecule has 14 heavy (non-hydrogen) atoms. The number of nitrogens with one attached hydrogen (secondary N) is 1. The molecule has 0 aromatic heterocycles. The minimum atomic E-state index is -0.225. The van der Waals surface area contributed by atoms with Crippen molar-refractivity contribution in [2.24, 2.45) is 0 Å². The van der Waals surface area contributed by atoms with E-state index >= 15 is 0 Å². The second-order valence-electron chi connectivity index (χ2n) is 2.98. The van der Waals surface area contributed by atoms with Crippen molar-refractivity contribution in [2.75, 3.05) is 26.4 Å². The van der Waals surface area contributed by atoms with Gasteiger partial charge in [0.25, 0.3) is 0 Å². The first kappa shape index (κ1) is 13.4. The lowest BCUT2D eigenvalue weighted by Crippen LogP contribution is -2.36. The van der Waals surface area contributed by atoms with Gasteiger partial charge >= 0.3 is 5.97 Å². The van der Waals surface area contributed by atoms with Gasteiger partial charge in [0.2, 0.25) is 0 Å². The molecular formula is C10H21NO3. The molecule has 0 saturated heterocycles. The first-order valence-corrected chi connectivity index (χ1v) is 5.20. The number of esters is 1. The molecule has 0 aliphatic heterocycles. The zero-order chi connectivity index (χ0) is 10.8. The minimum absolute atomic E-state index is 0.191. The highest BCUT2D eigenvalue weighted by Crippen LogP contribution is 1.88. The lowest BCUT2D eigenvalue weighted by atomic mass is 10.3. The quantitative estimate of drug-likeness (QED) is 0.471. The number of carbonyl (C=O) groups is 1. The number of hydrogen-bond donors (Lipinski definition) is 1. The monoisotopic (exact) mass is 203 g/mol. The van der Waals surface area contributed by atoms with E-state index in [0.717, 1.165) is 26.2 Å². The van der Waals surface area contributed by atoms with Crippen LogP contribution in [0.3, 0.4) is 0 Å². The highest BCUT2D eigenvalue weighted by molar-refractivity contribution is 5.75. The maximum atomic E-state index is 11.1. The van der Waals surface area contributed by atoms with Crippen LogP contribution in [0.25, 0.3) is 0 Å². The van der Waals surface area contributed by atoms with Gasteiger partial charge < -0.3 is 14.8 Å². The van der Waals surface area contributed by atoms with E-state index < -0.39 is 0 Å². The molecule has 0 spiro atoms. The molecule has 0 fully saturated rings. The fourth-order valence-corrected chi connectivity index (χ4v) is 0.988. The average Bonchev–Trinajstić information content (AvgIpc) is 2.17. The molecule has 4 heteroatoms. The van der Waals surface area contributed by atoms with Crippen LogP contribution < -0.4 is 5.32 Å². The zero-order valence-electron chi connectivity index (χ0n) is 9.34. The predicted octanol–water partition coefficient (Wildman–Crippen LogP) is 0.954. The third kappa shape index (κ3) is 6.86. The summed E-state index contributed by atoms with van der Waals surface area (Å²) in [5.41, 5.74) is 0. The summed E-state index contributed by atoms with van der Waals surface area (Å²) in [6.07, 6.45) is 0.914. The van der Waals surface area contributed by atoms with Crippen LogP contribution in [-0.2, 0) is 14.3 Å². The lowest BCUT2D eigenvalue weighted by Gasteiger charge is -2.12. The van der Waals surface area contributed by atoms with Crippen LogP contribution in [0.2, 0.25) is 0 Å². The largest absolute Gasteiger partial charge is 0.465 e. The molecule has 0 saturated carbocycles. The number of rotatable bonds is 8. The highest BCUT2D eigenvalue weighted by Gasteiger charge is 2.11. The summed E-state index contributed by atoms with van der Waals surface area (Å²) in [5, 5.41) is 3.07. The molecule has 0 bridgehead atoms. The van der Waals surface area contributed by atoms with E-state index in [4.69, 9.17) is 9.47 Å². The van der Waals surface area contributed by atoms with Crippen molar-refractivity contribution >= 4 is 5.97 Å². The molecule has 0 heterocycles. The van der Waals surface area contributed by atoms with Crippen LogP contribution in [0.1, 0.15) is 27.2 Å². The Labute approximate surface area is 86.0 Å². The molecule has 0 aromatic rings. The van der Waals surface area contributed by atoms with Gasteiger partial charge in [-0.05, 0) is 33.7 Å². The average molecular weight is 203 g/mol. The highest BCUT2D eigenvalue weighted by atomic mass is 16.5. The van der Waals surface area contributed by atoms with E-state index in [0.29, 0.717) is 6.61 Å². The fourth-order valence-electron chi connectivity index (χ4n) is 0.988. The smallest absolute Gasteiger partial charge is 0.322 e. The van der Waals surface area contributed by atoms with Gasteiger partial charge in [-0.2, -0.15) is 0 Å². The molecule has 84 valence electrons. The number of carbonyl (C=O) groups excluding carboxylic acids is 1. The third-order valence-corrected chi connectivity index (χ3v) is 1.76. The summed E-state index contributed by atoms with van der Waals surface area (Å²) in [6.45, 7) is 8.27. The van der Waals surface area contributed by atoms with Gasteiger partial charge in [-0.15, -0.1) is 0 Å². The minimum Gasteiger partial charge on any atom is -0.465 e. The Bertz CT molecular complexity index is 150. The van der Waals surface area contributed by atoms with E-state index in [2.05, 4.69) is 5.32 Å². The molecular weight excluding hydrogens is 182 g/mol. The zero-order valence-corrected chi connectivity index (χ0v) is 9.34. The van der Waals surface area contributed by atoms with Crippen molar-refractivity contribution in [1.29, 1.82) is 0 Å². The predicted molar refractivity (Wildman–Crippen MR) is 55.2 cm³/mol. The van der Waals surface area contributed by atoms with Gasteiger partial charge in [0.1, 0.15) is 6.04 Å². The van der Waals surface area contributed by atoms with Crippen molar-refractivity contribution in [1.82, 2.24) is 5.32 Å². The van der Waals surface area contributed by atoms with Gasteiger partial charge in [-0.3, -0.25) is 4.79 Å². The van der Waals surface area contributed by atoms with Crippen molar-refractivity contribution in [3.63, 3.8) is 0 Å². The standard InChI is InChI=1S/C10H21NO3/c1-4-13-8-6-7-11-9(3)10(12)14-5-2/h9,11H,4-8H2,1-3H3.